The van der Waals surface area contributed by atoms with Gasteiger partial charge in [-0.15, -0.1) is 0 Å². The Morgan fingerprint density at radius 3 is 2.67 bits per heavy atom. The van der Waals surface area contributed by atoms with E-state index < -0.39 is 16.0 Å². The van der Waals surface area contributed by atoms with Gasteiger partial charge in [0.05, 0.1) is 17.4 Å². The molecule has 3 N–H and O–H groups in total. The van der Waals surface area contributed by atoms with Gasteiger partial charge in [0.1, 0.15) is 4.90 Å². The van der Waals surface area contributed by atoms with Crippen LogP contribution in [0, 0.1) is 0 Å². The molecule has 0 amide bonds. The molecule has 1 aliphatic carbocycles. The number of carbonyl (C=O) groups is 1. The Hall–Kier alpha value is -1.64. The molecular weight excluding hydrogens is 332 g/mol. The Balaban J connectivity index is 2.10. The molecule has 1 fully saturated rings. The van der Waals surface area contributed by atoms with Gasteiger partial charge in [0.15, 0.2) is 0 Å². The number of nitrogens with one attached hydrogen (secondary N) is 2. The van der Waals surface area contributed by atoms with Crippen molar-refractivity contribution in [1.82, 2.24) is 4.72 Å². The summed E-state index contributed by atoms with van der Waals surface area (Å²) in [6, 6.07) is 4.37. The Morgan fingerprint density at radius 1 is 1.38 bits per heavy atom. The van der Waals surface area contributed by atoms with Crippen LogP contribution in [0.2, 0.25) is 0 Å². The number of hydrogen-bond acceptors (Lipinski definition) is 5. The third-order valence-corrected chi connectivity index (χ3v) is 5.02. The van der Waals surface area contributed by atoms with Crippen molar-refractivity contribution in [2.45, 2.75) is 50.2 Å². The van der Waals surface area contributed by atoms with Crippen LogP contribution in [0.5, 0.6) is 0 Å². The largest absolute Gasteiger partial charge is 0.478 e. The van der Waals surface area contributed by atoms with Gasteiger partial charge in [0, 0.05) is 19.2 Å². The number of aromatic carboxylic acids is 1. The molecule has 0 aromatic heterocycles. The molecule has 8 heteroatoms. The summed E-state index contributed by atoms with van der Waals surface area (Å²) in [6.45, 7) is 4.52. The van der Waals surface area contributed by atoms with Crippen LogP contribution in [0.4, 0.5) is 5.69 Å². The first kappa shape index (κ1) is 18.7. The van der Waals surface area contributed by atoms with Crippen LogP contribution >= 0.6 is 0 Å². The van der Waals surface area contributed by atoms with E-state index in [0.29, 0.717) is 18.7 Å². The fraction of sp³-hybridized carbons (Fsp3) is 0.562. The zero-order valence-corrected chi connectivity index (χ0v) is 14.7. The number of carboxylic acids is 1. The fourth-order valence-electron chi connectivity index (χ4n) is 2.12. The highest BCUT2D eigenvalue weighted by atomic mass is 32.2. The van der Waals surface area contributed by atoms with E-state index >= 15 is 0 Å². The minimum atomic E-state index is -3.80. The SMILES string of the molecule is CC(C)OCCCNS(=O)(=O)c1cc(C(=O)O)ccc1NC1CC1. The zero-order valence-electron chi connectivity index (χ0n) is 13.9. The van der Waals surface area contributed by atoms with Gasteiger partial charge in [0.2, 0.25) is 10.0 Å². The van der Waals surface area contributed by atoms with Crippen LogP contribution in [0.25, 0.3) is 0 Å². The molecule has 0 aliphatic heterocycles. The monoisotopic (exact) mass is 356 g/mol. The molecule has 1 aromatic rings. The Morgan fingerprint density at radius 2 is 2.08 bits per heavy atom. The van der Waals surface area contributed by atoms with E-state index in [2.05, 4.69) is 10.0 Å². The predicted molar refractivity (Wildman–Crippen MR) is 90.9 cm³/mol. The maximum absolute atomic E-state index is 12.5. The fourth-order valence-corrected chi connectivity index (χ4v) is 3.39. The van der Waals surface area contributed by atoms with Crippen LogP contribution in [0.3, 0.4) is 0 Å². The topological polar surface area (TPSA) is 105 Å². The minimum absolute atomic E-state index is 0.0286. The highest BCUT2D eigenvalue weighted by Crippen LogP contribution is 2.29. The van der Waals surface area contributed by atoms with Crippen molar-refractivity contribution in [3.8, 4) is 0 Å². The molecule has 1 saturated carbocycles. The number of sulfonamides is 1. The molecule has 0 saturated heterocycles. The minimum Gasteiger partial charge on any atom is -0.478 e. The first-order valence-electron chi connectivity index (χ1n) is 8.05. The number of benzene rings is 1. The molecule has 0 radical (unpaired) electrons. The van der Waals surface area contributed by atoms with E-state index in [0.717, 1.165) is 12.8 Å². The van der Waals surface area contributed by atoms with Gasteiger partial charge >= 0.3 is 5.97 Å². The summed E-state index contributed by atoms with van der Waals surface area (Å²) in [5.74, 6) is -1.16. The summed E-state index contributed by atoms with van der Waals surface area (Å²) in [7, 11) is -3.80. The van der Waals surface area contributed by atoms with Gasteiger partial charge in [-0.3, -0.25) is 0 Å². The van der Waals surface area contributed by atoms with Crippen LogP contribution in [0.15, 0.2) is 23.1 Å². The van der Waals surface area contributed by atoms with Crippen LogP contribution in [-0.2, 0) is 14.8 Å². The molecule has 134 valence electrons. The van der Waals surface area contributed by atoms with Gasteiger partial charge in [0.25, 0.3) is 0 Å². The van der Waals surface area contributed by atoms with Crippen molar-refractivity contribution < 1.29 is 23.1 Å². The summed E-state index contributed by atoms with van der Waals surface area (Å²) in [6.07, 6.45) is 2.62. The maximum atomic E-state index is 12.5. The molecule has 2 rings (SSSR count). The summed E-state index contributed by atoms with van der Waals surface area (Å²) in [5.41, 5.74) is 0.383. The van der Waals surface area contributed by atoms with Gasteiger partial charge in [-0.2, -0.15) is 0 Å². The van der Waals surface area contributed by atoms with E-state index in [9.17, 15) is 13.2 Å². The number of ether oxygens (including phenoxy) is 1. The van der Waals surface area contributed by atoms with Gasteiger partial charge in [-0.25, -0.2) is 17.9 Å². The summed E-state index contributed by atoms with van der Waals surface area (Å²) >= 11 is 0. The molecule has 24 heavy (non-hydrogen) atoms. The van der Waals surface area contributed by atoms with Crippen molar-refractivity contribution in [1.29, 1.82) is 0 Å². The van der Waals surface area contributed by atoms with Crippen molar-refractivity contribution in [2.75, 3.05) is 18.5 Å². The van der Waals surface area contributed by atoms with Crippen LogP contribution in [0.1, 0.15) is 43.5 Å². The Bertz CT molecular complexity index is 684. The van der Waals surface area contributed by atoms with E-state index in [4.69, 9.17) is 9.84 Å². The highest BCUT2D eigenvalue weighted by Gasteiger charge is 2.26. The number of anilines is 1. The van der Waals surface area contributed by atoms with E-state index in [1.165, 1.54) is 18.2 Å². The first-order valence-corrected chi connectivity index (χ1v) is 9.53. The Kier molecular flexibility index (Phi) is 6.20. The lowest BCUT2D eigenvalue weighted by atomic mass is 10.2. The summed E-state index contributed by atoms with van der Waals surface area (Å²) in [4.78, 5) is 11.1. The third-order valence-electron chi connectivity index (χ3n) is 3.52. The van der Waals surface area contributed by atoms with Crippen molar-refractivity contribution in [2.24, 2.45) is 0 Å². The smallest absolute Gasteiger partial charge is 0.335 e. The number of rotatable bonds is 10. The van der Waals surface area contributed by atoms with Crippen LogP contribution < -0.4 is 10.0 Å². The van der Waals surface area contributed by atoms with Crippen molar-refractivity contribution in [3.05, 3.63) is 23.8 Å². The van der Waals surface area contributed by atoms with Crippen LogP contribution in [-0.4, -0.2) is 44.8 Å². The van der Waals surface area contributed by atoms with Crippen molar-refractivity contribution >= 4 is 21.7 Å². The summed E-state index contributed by atoms with van der Waals surface area (Å²) < 4.78 is 33.0. The molecule has 1 aliphatic rings. The first-order chi connectivity index (χ1) is 11.3. The molecule has 0 atom stereocenters. The maximum Gasteiger partial charge on any atom is 0.335 e. The average Bonchev–Trinajstić information content (AvgIpc) is 3.30. The zero-order chi connectivity index (χ0) is 17.7. The molecule has 0 spiro atoms. The normalized spacial score (nSPS) is 14.8. The van der Waals surface area contributed by atoms with Gasteiger partial charge < -0.3 is 15.2 Å². The quantitative estimate of drug-likeness (QED) is 0.554. The van der Waals surface area contributed by atoms with Gasteiger partial charge in [-0.1, -0.05) is 0 Å². The molecule has 0 heterocycles. The highest BCUT2D eigenvalue weighted by molar-refractivity contribution is 7.89. The molecule has 0 unspecified atom stereocenters. The molecular formula is C16H24N2O5S. The molecule has 1 aromatic carbocycles. The second-order valence-corrected chi connectivity index (χ2v) is 7.84. The molecule has 7 nitrogen and oxygen atoms in total. The van der Waals surface area contributed by atoms with E-state index in [1.807, 2.05) is 13.8 Å². The third kappa shape index (κ3) is 5.47. The molecule has 0 bridgehead atoms. The lowest BCUT2D eigenvalue weighted by molar-refractivity contribution is 0.0696. The van der Waals surface area contributed by atoms with E-state index in [-0.39, 0.29) is 29.1 Å². The second-order valence-electron chi connectivity index (χ2n) is 6.11. The van der Waals surface area contributed by atoms with E-state index in [1.54, 1.807) is 0 Å². The van der Waals surface area contributed by atoms with Crippen molar-refractivity contribution in [3.63, 3.8) is 0 Å². The average molecular weight is 356 g/mol. The lowest BCUT2D eigenvalue weighted by Crippen LogP contribution is -2.27. The predicted octanol–water partition coefficient (Wildman–Crippen LogP) is 2.05. The Labute approximate surface area is 142 Å². The number of hydrogen-bond donors (Lipinski definition) is 3. The summed E-state index contributed by atoms with van der Waals surface area (Å²) in [5, 5.41) is 12.2. The standard InChI is InChI=1S/C16H24N2O5S/c1-11(2)23-9-3-8-17-24(21,22)15-10-12(16(19)20)4-7-14(15)18-13-5-6-13/h4,7,10-11,13,17-18H,3,5-6,8-9H2,1-2H3,(H,19,20). The number of carboxylic acid groups (broad SMARTS) is 1. The second kappa shape index (κ2) is 7.96. The lowest BCUT2D eigenvalue weighted by Gasteiger charge is -2.14. The van der Waals surface area contributed by atoms with Gasteiger partial charge in [-0.05, 0) is 51.3 Å².